The first-order valence-electron chi connectivity index (χ1n) is 7.61. The Morgan fingerprint density at radius 3 is 2.83 bits per heavy atom. The van der Waals surface area contributed by atoms with Gasteiger partial charge in [0.15, 0.2) is 0 Å². The molecule has 2 saturated heterocycles. The molecule has 2 aliphatic heterocycles. The second kappa shape index (κ2) is 7.43. The molecule has 18 heavy (non-hydrogen) atoms. The van der Waals surface area contributed by atoms with E-state index in [9.17, 15) is 5.11 Å². The zero-order valence-electron chi connectivity index (χ0n) is 11.8. The van der Waals surface area contributed by atoms with Crippen molar-refractivity contribution in [1.82, 2.24) is 15.1 Å². The summed E-state index contributed by atoms with van der Waals surface area (Å²) in [5.74, 6) is 0. The highest BCUT2D eigenvalue weighted by Crippen LogP contribution is 2.16. The quantitative estimate of drug-likeness (QED) is 0.768. The van der Waals surface area contributed by atoms with Gasteiger partial charge in [-0.3, -0.25) is 9.80 Å². The van der Waals surface area contributed by atoms with E-state index in [2.05, 4.69) is 22.0 Å². The van der Waals surface area contributed by atoms with Crippen molar-refractivity contribution in [3.05, 3.63) is 0 Å². The summed E-state index contributed by atoms with van der Waals surface area (Å²) in [6, 6.07) is 0.652. The van der Waals surface area contributed by atoms with Gasteiger partial charge in [0.25, 0.3) is 0 Å². The minimum absolute atomic E-state index is 0.191. The molecule has 2 fully saturated rings. The van der Waals surface area contributed by atoms with Crippen LogP contribution in [-0.4, -0.2) is 72.9 Å². The van der Waals surface area contributed by atoms with Crippen LogP contribution in [0.5, 0.6) is 0 Å². The summed E-state index contributed by atoms with van der Waals surface area (Å²) in [5, 5.41) is 13.7. The number of nitrogens with zero attached hydrogens (tertiary/aromatic N) is 2. The Morgan fingerprint density at radius 1 is 1.11 bits per heavy atom. The molecule has 0 aromatic carbocycles. The van der Waals surface area contributed by atoms with Gasteiger partial charge in [0.2, 0.25) is 0 Å². The van der Waals surface area contributed by atoms with E-state index in [4.69, 9.17) is 0 Å². The number of nitrogens with one attached hydrogen (secondary N) is 1. The summed E-state index contributed by atoms with van der Waals surface area (Å²) >= 11 is 0. The van der Waals surface area contributed by atoms with Crippen molar-refractivity contribution in [2.24, 2.45) is 0 Å². The number of aliphatic hydroxyl groups is 1. The van der Waals surface area contributed by atoms with Crippen molar-refractivity contribution in [3.8, 4) is 0 Å². The molecular weight excluding hydrogens is 226 g/mol. The summed E-state index contributed by atoms with van der Waals surface area (Å²) in [4.78, 5) is 4.86. The maximum atomic E-state index is 10.3. The van der Waals surface area contributed by atoms with Crippen molar-refractivity contribution in [2.75, 3.05) is 45.8 Å². The Kier molecular flexibility index (Phi) is 5.89. The van der Waals surface area contributed by atoms with Gasteiger partial charge in [-0.25, -0.2) is 0 Å². The molecule has 0 aromatic heterocycles. The van der Waals surface area contributed by atoms with Crippen LogP contribution >= 0.6 is 0 Å². The monoisotopic (exact) mass is 255 g/mol. The molecule has 4 heteroatoms. The molecule has 0 unspecified atom stereocenters. The smallest absolute Gasteiger partial charge is 0.0793 e. The van der Waals surface area contributed by atoms with E-state index < -0.39 is 0 Å². The van der Waals surface area contributed by atoms with Crippen LogP contribution < -0.4 is 5.32 Å². The van der Waals surface area contributed by atoms with E-state index in [0.29, 0.717) is 6.04 Å². The largest absolute Gasteiger partial charge is 0.390 e. The van der Waals surface area contributed by atoms with Gasteiger partial charge in [-0.1, -0.05) is 6.42 Å². The van der Waals surface area contributed by atoms with E-state index in [1.165, 1.54) is 32.2 Å². The molecule has 4 nitrogen and oxygen atoms in total. The minimum atomic E-state index is -0.191. The van der Waals surface area contributed by atoms with Crippen LogP contribution in [0.15, 0.2) is 0 Å². The molecule has 0 saturated carbocycles. The molecule has 0 spiro atoms. The van der Waals surface area contributed by atoms with Gasteiger partial charge < -0.3 is 10.4 Å². The Hall–Kier alpha value is -0.160. The highest BCUT2D eigenvalue weighted by atomic mass is 16.3. The number of piperidine rings is 1. The predicted octanol–water partition coefficient (Wildman–Crippen LogP) is 0.517. The van der Waals surface area contributed by atoms with Crippen molar-refractivity contribution in [2.45, 2.75) is 44.8 Å². The van der Waals surface area contributed by atoms with Gasteiger partial charge in [-0.2, -0.15) is 0 Å². The molecule has 0 radical (unpaired) electrons. The lowest BCUT2D eigenvalue weighted by Crippen LogP contribution is -2.46. The summed E-state index contributed by atoms with van der Waals surface area (Å²) in [6.45, 7) is 9.53. The highest BCUT2D eigenvalue weighted by Gasteiger charge is 2.22. The van der Waals surface area contributed by atoms with Crippen molar-refractivity contribution >= 4 is 0 Å². The van der Waals surface area contributed by atoms with E-state index in [0.717, 1.165) is 39.3 Å². The van der Waals surface area contributed by atoms with E-state index in [1.807, 2.05) is 0 Å². The van der Waals surface area contributed by atoms with Crippen molar-refractivity contribution < 1.29 is 5.11 Å². The topological polar surface area (TPSA) is 38.7 Å². The summed E-state index contributed by atoms with van der Waals surface area (Å²) in [7, 11) is 0. The number of hydrogen-bond acceptors (Lipinski definition) is 4. The Bertz CT molecular complexity index is 229. The molecular formula is C14H29N3O. The van der Waals surface area contributed by atoms with Gasteiger partial charge in [-0.05, 0) is 45.8 Å². The Morgan fingerprint density at radius 2 is 2.00 bits per heavy atom. The lowest BCUT2D eigenvalue weighted by atomic mass is 10.0. The fourth-order valence-electron chi connectivity index (χ4n) is 3.14. The third-order valence-corrected chi connectivity index (χ3v) is 4.29. The summed E-state index contributed by atoms with van der Waals surface area (Å²) in [6.07, 6.45) is 4.95. The normalized spacial score (nSPS) is 30.0. The van der Waals surface area contributed by atoms with Crippen LogP contribution in [0.2, 0.25) is 0 Å². The van der Waals surface area contributed by atoms with Gasteiger partial charge in [0.05, 0.1) is 6.10 Å². The van der Waals surface area contributed by atoms with Crippen LogP contribution in [0.25, 0.3) is 0 Å². The lowest BCUT2D eigenvalue weighted by molar-refractivity contribution is 0.0498. The molecule has 0 aliphatic carbocycles. The molecule has 0 amide bonds. The van der Waals surface area contributed by atoms with Crippen LogP contribution in [0.4, 0.5) is 0 Å². The van der Waals surface area contributed by atoms with Crippen LogP contribution in [0, 0.1) is 0 Å². The molecule has 0 bridgehead atoms. The zero-order valence-corrected chi connectivity index (χ0v) is 11.8. The standard InChI is InChI=1S/C14H29N3O/c1-13-5-2-3-9-17(13)12-14(18)11-16-8-4-6-15-7-10-16/h13-15,18H,2-12H2,1H3/t13-,14-/m0/s1. The fraction of sp³-hybridized carbons (Fsp3) is 1.00. The second-order valence-corrected chi connectivity index (χ2v) is 5.90. The van der Waals surface area contributed by atoms with Gasteiger partial charge in [-0.15, -0.1) is 0 Å². The van der Waals surface area contributed by atoms with Gasteiger partial charge in [0, 0.05) is 32.2 Å². The maximum absolute atomic E-state index is 10.3. The number of β-amino-alcohol motifs (C(OH)–C–C–N with tert-alkyl or cyclic N) is 1. The Balaban J connectivity index is 1.71. The van der Waals surface area contributed by atoms with Crippen molar-refractivity contribution in [3.63, 3.8) is 0 Å². The third kappa shape index (κ3) is 4.50. The molecule has 2 rings (SSSR count). The highest BCUT2D eigenvalue weighted by molar-refractivity contribution is 4.78. The van der Waals surface area contributed by atoms with E-state index in [1.54, 1.807) is 0 Å². The summed E-state index contributed by atoms with van der Waals surface area (Å²) in [5.41, 5.74) is 0. The number of aliphatic hydroxyl groups excluding tert-OH is 1. The minimum Gasteiger partial charge on any atom is -0.390 e. The van der Waals surface area contributed by atoms with Crippen LogP contribution in [0.3, 0.4) is 0 Å². The molecule has 2 atom stereocenters. The molecule has 0 aromatic rings. The van der Waals surface area contributed by atoms with Crippen LogP contribution in [-0.2, 0) is 0 Å². The molecule has 2 N–H and O–H groups in total. The van der Waals surface area contributed by atoms with Gasteiger partial charge in [0.1, 0.15) is 0 Å². The van der Waals surface area contributed by atoms with E-state index >= 15 is 0 Å². The summed E-state index contributed by atoms with van der Waals surface area (Å²) < 4.78 is 0. The average molecular weight is 255 g/mol. The van der Waals surface area contributed by atoms with Gasteiger partial charge >= 0.3 is 0 Å². The van der Waals surface area contributed by atoms with Crippen molar-refractivity contribution in [1.29, 1.82) is 0 Å². The first-order valence-corrected chi connectivity index (χ1v) is 7.61. The maximum Gasteiger partial charge on any atom is 0.0793 e. The molecule has 2 aliphatic rings. The second-order valence-electron chi connectivity index (χ2n) is 5.90. The van der Waals surface area contributed by atoms with Crippen LogP contribution in [0.1, 0.15) is 32.6 Å². The van der Waals surface area contributed by atoms with E-state index in [-0.39, 0.29) is 6.10 Å². The number of hydrogen-bond donors (Lipinski definition) is 2. The zero-order chi connectivity index (χ0) is 12.8. The third-order valence-electron chi connectivity index (χ3n) is 4.29. The first-order chi connectivity index (χ1) is 8.75. The molecule has 106 valence electrons. The number of likely N-dealkylation sites (tertiary alicyclic amines) is 1. The molecule has 2 heterocycles. The predicted molar refractivity (Wildman–Crippen MR) is 74.8 cm³/mol. The first kappa shape index (κ1) is 14.3. The lowest BCUT2D eigenvalue weighted by Gasteiger charge is -2.35. The fourth-order valence-corrected chi connectivity index (χ4v) is 3.14. The SMILES string of the molecule is C[C@H]1CCCCN1C[C@@H](O)CN1CCCNCC1. The average Bonchev–Trinajstić information content (AvgIpc) is 2.61. The number of rotatable bonds is 4. The Labute approximate surface area is 111 Å².